The predicted molar refractivity (Wildman–Crippen MR) is 406 cm³/mol. The molecule has 0 aliphatic carbocycles. The average molecular weight is 1400 g/mol. The molecular weight excluding hydrogens is 1300 g/mol. The fraction of sp³-hybridized carbons (Fsp3) is 0.349. The van der Waals surface area contributed by atoms with E-state index in [9.17, 15) is 40.9 Å². The Bertz CT molecular complexity index is 3590. The van der Waals surface area contributed by atoms with Gasteiger partial charge in [0.15, 0.2) is 0 Å². The van der Waals surface area contributed by atoms with E-state index in [0.717, 1.165) is 87.0 Å². The number of aliphatic hydroxyl groups excluding tert-OH is 10. The number of β-amino-alcohol motifs (C(OH)–C–C–N with tert-alkyl or cyclic N) is 4. The lowest BCUT2D eigenvalue weighted by atomic mass is 9.84. The molecule has 2 aliphatic rings. The summed E-state index contributed by atoms with van der Waals surface area (Å²) in [6.45, 7) is 4.46. The highest BCUT2D eigenvalue weighted by atomic mass is 35.5. The molecule has 15 nitrogen and oxygen atoms in total. The summed E-state index contributed by atoms with van der Waals surface area (Å²) < 4.78 is 0. The van der Waals surface area contributed by atoms with E-state index >= 15 is 0 Å². The first-order valence-electron chi connectivity index (χ1n) is 34.8. The third-order valence-electron chi connectivity index (χ3n) is 18.7. The number of nitrogens with zero attached hydrogens (tertiary/aromatic N) is 5. The largest absolute Gasteiger partial charge is 0.396 e. The first-order valence-corrected chi connectivity index (χ1v) is 35.6. The van der Waals surface area contributed by atoms with Crippen LogP contribution in [0.3, 0.4) is 0 Å². The molecule has 530 valence electrons. The normalized spacial score (nSPS) is 16.3. The smallest absolute Gasteiger partial charge is 0.0740 e. The number of piperidine rings is 2. The number of rotatable bonds is 28. The van der Waals surface area contributed by atoms with Crippen molar-refractivity contribution >= 4 is 51.6 Å². The van der Waals surface area contributed by atoms with E-state index < -0.39 is 24.4 Å². The van der Waals surface area contributed by atoms with Gasteiger partial charge < -0.3 is 75.6 Å². The van der Waals surface area contributed by atoms with Crippen LogP contribution in [0.2, 0.25) is 10.0 Å². The van der Waals surface area contributed by atoms with Gasteiger partial charge >= 0.3 is 0 Å². The maximum Gasteiger partial charge on any atom is 0.0740 e. The Labute approximate surface area is 600 Å². The quantitative estimate of drug-likeness (QED) is 0.0206. The van der Waals surface area contributed by atoms with Crippen LogP contribution < -0.4 is 24.5 Å². The van der Waals surface area contributed by atoms with E-state index in [4.69, 9.17) is 33.4 Å². The molecule has 0 saturated carbocycles. The van der Waals surface area contributed by atoms with Crippen LogP contribution in [0.15, 0.2) is 218 Å². The Hall–Kier alpha value is -7.84. The fourth-order valence-corrected chi connectivity index (χ4v) is 13.8. The van der Waals surface area contributed by atoms with Crippen molar-refractivity contribution in [1.82, 2.24) is 0 Å². The van der Waals surface area contributed by atoms with Crippen LogP contribution in [-0.4, -0.2) is 182 Å². The molecule has 10 N–H and O–H groups in total. The Balaban J connectivity index is 0.000000177. The van der Waals surface area contributed by atoms with Crippen LogP contribution in [0.4, 0.5) is 28.4 Å². The van der Waals surface area contributed by atoms with Gasteiger partial charge in [-0.3, -0.25) is 0 Å². The number of aryl methyl sites for hydroxylation is 2. The molecule has 0 radical (unpaired) electrons. The van der Waals surface area contributed by atoms with Crippen LogP contribution in [-0.2, 0) is 12.8 Å². The molecule has 9 aromatic rings. The Kier molecular flexibility index (Phi) is 29.6. The lowest BCUT2D eigenvalue weighted by molar-refractivity contribution is 0.0645. The summed E-state index contributed by atoms with van der Waals surface area (Å²) in [4.78, 5) is 10.1. The summed E-state index contributed by atoms with van der Waals surface area (Å²) in [6.07, 6.45) is 2.06. The van der Waals surface area contributed by atoms with Gasteiger partial charge in [-0.05, 0) is 172 Å². The number of anilines is 5. The fourth-order valence-electron chi connectivity index (χ4n) is 13.6. The Morgan fingerprint density at radius 2 is 0.550 bits per heavy atom. The molecule has 11 rings (SSSR count). The molecule has 9 aromatic carbocycles. The first-order chi connectivity index (χ1) is 48.6. The maximum atomic E-state index is 10.1. The SMILES string of the molecule is CN(C)c1ccc(C(c2ccc(N(CCO)CCO)cc2)c2ccc(N(CCO)CCO)cc2)cc1.OC1CC(O)CN(c2ccc(C(c3ccc(Cl)cc3)c3ccc(N4CC(O)CC(O)C4)cc3)cc2)C1.OCCCc1ccc(C(c2ccc(Cl)cc2)c2ccc(CCCO)cc2)cc1. The van der Waals surface area contributed by atoms with E-state index in [-0.39, 0.29) is 57.4 Å². The predicted octanol–water partition coefficient (Wildman–Crippen LogP) is 11.3. The highest BCUT2D eigenvalue weighted by Crippen LogP contribution is 2.39. The second-order valence-electron chi connectivity index (χ2n) is 26.2. The lowest BCUT2D eigenvalue weighted by Crippen LogP contribution is -2.45. The van der Waals surface area contributed by atoms with E-state index in [1.807, 2.05) is 119 Å². The molecular formula is C83H99Cl2N5O10. The Morgan fingerprint density at radius 1 is 0.320 bits per heavy atom. The second kappa shape index (κ2) is 38.8. The zero-order valence-electron chi connectivity index (χ0n) is 57.4. The molecule has 2 aliphatic heterocycles. The van der Waals surface area contributed by atoms with Crippen LogP contribution in [0.5, 0.6) is 0 Å². The van der Waals surface area contributed by atoms with E-state index in [1.165, 1.54) is 33.4 Å². The minimum Gasteiger partial charge on any atom is -0.396 e. The number of hydrogen-bond donors (Lipinski definition) is 10. The molecule has 0 spiro atoms. The monoisotopic (exact) mass is 1400 g/mol. The summed E-state index contributed by atoms with van der Waals surface area (Å²) in [5, 5.41) is 97.4. The maximum absolute atomic E-state index is 10.1. The van der Waals surface area contributed by atoms with Gasteiger partial charge in [0.05, 0.1) is 50.8 Å². The zero-order valence-corrected chi connectivity index (χ0v) is 58.9. The Morgan fingerprint density at radius 3 is 0.790 bits per heavy atom. The van der Waals surface area contributed by atoms with Gasteiger partial charge in [-0.15, -0.1) is 0 Å². The first kappa shape index (κ1) is 76.3. The topological polar surface area (TPSA) is 218 Å². The summed E-state index contributed by atoms with van der Waals surface area (Å²) in [6, 6.07) is 75.1. The van der Waals surface area contributed by atoms with Crippen molar-refractivity contribution in [2.75, 3.05) is 131 Å². The van der Waals surface area contributed by atoms with Gasteiger partial charge in [-0.25, -0.2) is 0 Å². The van der Waals surface area contributed by atoms with Gasteiger partial charge in [-0.1, -0.05) is 157 Å². The van der Waals surface area contributed by atoms with Crippen LogP contribution >= 0.6 is 23.2 Å². The highest BCUT2D eigenvalue weighted by Gasteiger charge is 2.28. The number of aliphatic hydroxyl groups is 10. The summed E-state index contributed by atoms with van der Waals surface area (Å²) in [7, 11) is 4.05. The minimum atomic E-state index is -0.532. The molecule has 2 fully saturated rings. The number of benzene rings is 9. The lowest BCUT2D eigenvalue weighted by Gasteiger charge is -2.35. The number of hydrogen-bond acceptors (Lipinski definition) is 15. The van der Waals surface area contributed by atoms with E-state index in [2.05, 4.69) is 138 Å². The third-order valence-corrected chi connectivity index (χ3v) is 19.2. The van der Waals surface area contributed by atoms with Gasteiger partial charge in [-0.2, -0.15) is 0 Å². The van der Waals surface area contributed by atoms with Crippen molar-refractivity contribution in [2.24, 2.45) is 0 Å². The van der Waals surface area contributed by atoms with Gasteiger partial charge in [0.1, 0.15) is 0 Å². The summed E-state index contributed by atoms with van der Waals surface area (Å²) in [5.41, 5.74) is 18.0. The molecule has 4 atom stereocenters. The zero-order chi connectivity index (χ0) is 70.9. The van der Waals surface area contributed by atoms with Crippen molar-refractivity contribution in [2.45, 2.75) is 80.7 Å². The summed E-state index contributed by atoms with van der Waals surface area (Å²) in [5.74, 6) is 0.133. The van der Waals surface area contributed by atoms with E-state index in [0.29, 0.717) is 70.2 Å². The standard InChI is InChI=1S/C29H33ClN2O4.C29H39N3O4.C25H27ClO2/c30-22-7-1-19(2-8-22)29(20-3-9-23(10-4-20)31-15-25(33)13-26(34)16-31)21-5-11-24(12-6-21)32-17-27(35)14-28(36)18-32;1-30(2)26-9-3-23(4-10-26)29(24-5-11-27(12-6-24)31(15-19-33)16-20-34)25-7-13-28(14-8-25)32(17-21-35)18-22-36;26-24-15-13-23(14-16-24)25(21-9-5-19(6-10-21)3-1-17-27)22-11-7-20(8-12-22)4-2-18-28/h1-12,25-29,33-36H,13-18H2;3-14,29,33-36H,15-22H2,1-2H3;5-16,25,27-28H,1-4,17-18H2. The van der Waals surface area contributed by atoms with Gasteiger partial charge in [0.25, 0.3) is 0 Å². The van der Waals surface area contributed by atoms with Crippen molar-refractivity contribution in [1.29, 1.82) is 0 Å². The van der Waals surface area contributed by atoms with Crippen molar-refractivity contribution in [3.63, 3.8) is 0 Å². The van der Waals surface area contributed by atoms with E-state index in [1.54, 1.807) is 0 Å². The van der Waals surface area contributed by atoms with Crippen LogP contribution in [0, 0.1) is 0 Å². The third kappa shape index (κ3) is 21.6. The number of halogens is 2. The van der Waals surface area contributed by atoms with Crippen LogP contribution in [0.1, 0.15) is 105 Å². The molecule has 2 heterocycles. The second-order valence-corrected chi connectivity index (χ2v) is 27.0. The van der Waals surface area contributed by atoms with Gasteiger partial charge in [0, 0.05) is 149 Å². The molecule has 4 unspecified atom stereocenters. The van der Waals surface area contributed by atoms with Crippen LogP contribution in [0.25, 0.3) is 0 Å². The molecule has 17 heteroatoms. The summed E-state index contributed by atoms with van der Waals surface area (Å²) >= 11 is 12.3. The molecule has 0 amide bonds. The molecule has 100 heavy (non-hydrogen) atoms. The molecule has 2 saturated heterocycles. The molecule has 0 aromatic heterocycles. The minimum absolute atomic E-state index is 0.0116. The average Bonchev–Trinajstić information content (AvgIpc) is 0.816. The van der Waals surface area contributed by atoms with Gasteiger partial charge in [0.2, 0.25) is 0 Å². The van der Waals surface area contributed by atoms with Crippen molar-refractivity contribution in [3.05, 3.63) is 290 Å². The van der Waals surface area contributed by atoms with Crippen molar-refractivity contribution < 1.29 is 51.1 Å². The highest BCUT2D eigenvalue weighted by molar-refractivity contribution is 6.30. The molecule has 0 bridgehead atoms. The van der Waals surface area contributed by atoms with Crippen molar-refractivity contribution in [3.8, 4) is 0 Å².